The highest BCUT2D eigenvalue weighted by atomic mass is 16.5. The normalized spacial score (nSPS) is 21.3. The lowest BCUT2D eigenvalue weighted by molar-refractivity contribution is -0.154. The molecule has 1 unspecified atom stereocenters. The maximum atomic E-state index is 12.9. The number of carbonyl (C=O) groups excluding carboxylic acids is 1. The second kappa shape index (κ2) is 8.91. The van der Waals surface area contributed by atoms with Crippen LogP contribution in [0.4, 0.5) is 0 Å². The zero-order valence-corrected chi connectivity index (χ0v) is 17.7. The Bertz CT molecular complexity index is 845. The van der Waals surface area contributed by atoms with E-state index < -0.39 is 0 Å². The number of furan rings is 1. The van der Waals surface area contributed by atoms with Crippen LogP contribution in [-0.4, -0.2) is 65.7 Å². The summed E-state index contributed by atoms with van der Waals surface area (Å²) in [5.41, 5.74) is 1.61. The Labute approximate surface area is 176 Å². The molecule has 0 aromatic carbocycles. The second-order valence-electron chi connectivity index (χ2n) is 8.28. The van der Waals surface area contributed by atoms with E-state index in [0.29, 0.717) is 38.5 Å². The predicted molar refractivity (Wildman–Crippen MR) is 107 cm³/mol. The number of hydrogen-bond donors (Lipinski definition) is 1. The third kappa shape index (κ3) is 4.45. The first-order valence-corrected chi connectivity index (χ1v) is 10.7. The minimum absolute atomic E-state index is 0.0357. The van der Waals surface area contributed by atoms with Gasteiger partial charge in [-0.1, -0.05) is 5.16 Å². The molecule has 2 aromatic rings. The van der Waals surface area contributed by atoms with Crippen molar-refractivity contribution in [1.82, 2.24) is 10.1 Å². The van der Waals surface area contributed by atoms with Crippen LogP contribution in [0.2, 0.25) is 0 Å². The van der Waals surface area contributed by atoms with Gasteiger partial charge in [0.2, 0.25) is 0 Å². The zero-order valence-electron chi connectivity index (χ0n) is 17.7. The van der Waals surface area contributed by atoms with E-state index in [-0.39, 0.29) is 24.2 Å². The lowest BCUT2D eigenvalue weighted by Gasteiger charge is -2.45. The van der Waals surface area contributed by atoms with Gasteiger partial charge in [-0.05, 0) is 45.2 Å². The number of nitrogens with zero attached hydrogens (tertiary/aromatic N) is 2. The average Bonchev–Trinajstić information content (AvgIpc) is 3.35. The minimum Gasteiger partial charge on any atom is -0.456 e. The molecule has 8 heteroatoms. The molecule has 0 bridgehead atoms. The van der Waals surface area contributed by atoms with Crippen molar-refractivity contribution in [2.24, 2.45) is 0 Å². The molecule has 0 aliphatic carbocycles. The number of aromatic nitrogens is 1. The quantitative estimate of drug-likeness (QED) is 0.770. The van der Waals surface area contributed by atoms with E-state index in [2.05, 4.69) is 5.16 Å². The largest absolute Gasteiger partial charge is 0.456 e. The van der Waals surface area contributed by atoms with Crippen molar-refractivity contribution in [1.29, 1.82) is 0 Å². The number of aliphatic hydroxyl groups excluding tert-OH is 1. The first-order valence-electron chi connectivity index (χ1n) is 10.7. The van der Waals surface area contributed by atoms with Crippen molar-refractivity contribution in [2.45, 2.75) is 57.7 Å². The van der Waals surface area contributed by atoms with Gasteiger partial charge in [0.15, 0.2) is 5.76 Å². The highest BCUT2D eigenvalue weighted by Gasteiger charge is 2.41. The molecular formula is C22H30N2O6. The van der Waals surface area contributed by atoms with Crippen LogP contribution in [-0.2, 0) is 15.9 Å². The van der Waals surface area contributed by atoms with Crippen LogP contribution in [0.3, 0.4) is 0 Å². The van der Waals surface area contributed by atoms with Gasteiger partial charge in [-0.25, -0.2) is 0 Å². The molecular weight excluding hydrogens is 388 g/mol. The molecule has 0 radical (unpaired) electrons. The lowest BCUT2D eigenvalue weighted by Crippen LogP contribution is -2.52. The number of aryl methyl sites for hydroxylation is 2. The van der Waals surface area contributed by atoms with Crippen molar-refractivity contribution < 1.29 is 28.3 Å². The van der Waals surface area contributed by atoms with Crippen LogP contribution in [0, 0.1) is 13.8 Å². The average molecular weight is 418 g/mol. The first kappa shape index (κ1) is 21.1. The number of aliphatic hydroxyl groups is 1. The lowest BCUT2D eigenvalue weighted by atomic mass is 9.83. The molecule has 8 nitrogen and oxygen atoms in total. The number of amides is 1. The summed E-state index contributed by atoms with van der Waals surface area (Å²) in [6, 6.07) is 3.59. The Balaban J connectivity index is 1.34. The number of rotatable bonds is 6. The van der Waals surface area contributed by atoms with Crippen LogP contribution < -0.4 is 0 Å². The molecule has 0 saturated carbocycles. The van der Waals surface area contributed by atoms with Gasteiger partial charge >= 0.3 is 0 Å². The molecule has 1 atom stereocenters. The van der Waals surface area contributed by atoms with Gasteiger partial charge < -0.3 is 28.4 Å². The molecule has 2 aliphatic heterocycles. The maximum absolute atomic E-state index is 12.9. The summed E-state index contributed by atoms with van der Waals surface area (Å²) in [4.78, 5) is 14.8. The highest BCUT2D eigenvalue weighted by Crippen LogP contribution is 2.36. The standard InChI is InChI=1S/C22H30N2O6/c1-15-19(16(2)30-23-15)13-17-3-4-20(29-17)21(26)24-8-6-22(7-9-24)14-18(5-11-28-22)27-12-10-25/h3-4,18,25H,5-14H2,1-2H3. The van der Waals surface area contributed by atoms with E-state index >= 15 is 0 Å². The van der Waals surface area contributed by atoms with Crippen molar-refractivity contribution in [3.63, 3.8) is 0 Å². The number of piperidine rings is 1. The molecule has 2 aromatic heterocycles. The molecule has 2 saturated heterocycles. The van der Waals surface area contributed by atoms with Crippen molar-refractivity contribution in [3.8, 4) is 0 Å². The Morgan fingerprint density at radius 2 is 2.13 bits per heavy atom. The summed E-state index contributed by atoms with van der Waals surface area (Å²) in [6.45, 7) is 6.09. The van der Waals surface area contributed by atoms with E-state index in [4.69, 9.17) is 23.5 Å². The van der Waals surface area contributed by atoms with Gasteiger partial charge in [0.05, 0.1) is 30.6 Å². The zero-order chi connectivity index (χ0) is 21.1. The predicted octanol–water partition coefficient (Wildman–Crippen LogP) is 2.64. The monoisotopic (exact) mass is 418 g/mol. The van der Waals surface area contributed by atoms with E-state index in [9.17, 15) is 4.79 Å². The van der Waals surface area contributed by atoms with Gasteiger partial charge in [-0.2, -0.15) is 0 Å². The topological polar surface area (TPSA) is 98.2 Å². The van der Waals surface area contributed by atoms with Crippen molar-refractivity contribution in [2.75, 3.05) is 32.9 Å². The fourth-order valence-corrected chi connectivity index (χ4v) is 4.48. The first-order chi connectivity index (χ1) is 14.5. The van der Waals surface area contributed by atoms with Crippen LogP contribution in [0.5, 0.6) is 0 Å². The third-order valence-electron chi connectivity index (χ3n) is 6.26. The molecule has 4 rings (SSSR count). The van der Waals surface area contributed by atoms with Crippen LogP contribution in [0.15, 0.2) is 21.1 Å². The van der Waals surface area contributed by atoms with Crippen LogP contribution >= 0.6 is 0 Å². The third-order valence-corrected chi connectivity index (χ3v) is 6.26. The van der Waals surface area contributed by atoms with Gasteiger partial charge in [0, 0.05) is 38.1 Å². The number of likely N-dealkylation sites (tertiary alicyclic amines) is 1. The molecule has 1 N–H and O–H groups in total. The molecule has 1 spiro atoms. The fraction of sp³-hybridized carbons (Fsp3) is 0.636. The van der Waals surface area contributed by atoms with Crippen LogP contribution in [0.25, 0.3) is 0 Å². The Hall–Kier alpha value is -2.16. The Kier molecular flexibility index (Phi) is 6.26. The summed E-state index contributed by atoms with van der Waals surface area (Å²) < 4.78 is 22.9. The fourth-order valence-electron chi connectivity index (χ4n) is 4.48. The summed E-state index contributed by atoms with van der Waals surface area (Å²) in [6.07, 6.45) is 3.90. The van der Waals surface area contributed by atoms with E-state index in [1.165, 1.54) is 0 Å². The van der Waals surface area contributed by atoms with Gasteiger partial charge in [-0.15, -0.1) is 0 Å². The van der Waals surface area contributed by atoms with E-state index in [0.717, 1.165) is 48.5 Å². The summed E-state index contributed by atoms with van der Waals surface area (Å²) in [5.74, 6) is 1.77. The molecule has 2 aliphatic rings. The van der Waals surface area contributed by atoms with Crippen LogP contribution in [0.1, 0.15) is 59.0 Å². The SMILES string of the molecule is Cc1noc(C)c1Cc1ccc(C(=O)N2CCC3(CC2)CC(OCCO)CCO3)o1. The van der Waals surface area contributed by atoms with Crippen molar-refractivity contribution in [3.05, 3.63) is 40.7 Å². The smallest absolute Gasteiger partial charge is 0.289 e. The minimum atomic E-state index is -0.229. The Morgan fingerprint density at radius 1 is 1.33 bits per heavy atom. The second-order valence-corrected chi connectivity index (χ2v) is 8.28. The van der Waals surface area contributed by atoms with Gasteiger partial charge in [0.25, 0.3) is 5.91 Å². The van der Waals surface area contributed by atoms with E-state index in [1.54, 1.807) is 6.07 Å². The molecule has 1 amide bonds. The molecule has 164 valence electrons. The highest BCUT2D eigenvalue weighted by molar-refractivity contribution is 5.91. The molecule has 4 heterocycles. The van der Waals surface area contributed by atoms with Gasteiger partial charge in [0.1, 0.15) is 11.5 Å². The van der Waals surface area contributed by atoms with E-state index in [1.807, 2.05) is 24.8 Å². The number of carbonyl (C=O) groups is 1. The Morgan fingerprint density at radius 3 is 2.83 bits per heavy atom. The summed E-state index contributed by atoms with van der Waals surface area (Å²) in [5, 5.41) is 13.0. The number of hydrogen-bond acceptors (Lipinski definition) is 7. The summed E-state index contributed by atoms with van der Waals surface area (Å²) in [7, 11) is 0. The molecule has 30 heavy (non-hydrogen) atoms. The number of ether oxygens (including phenoxy) is 2. The van der Waals surface area contributed by atoms with Crippen molar-refractivity contribution >= 4 is 5.91 Å². The summed E-state index contributed by atoms with van der Waals surface area (Å²) >= 11 is 0. The van der Waals surface area contributed by atoms with Gasteiger partial charge in [-0.3, -0.25) is 4.79 Å². The maximum Gasteiger partial charge on any atom is 0.289 e. The molecule has 2 fully saturated rings.